The van der Waals surface area contributed by atoms with E-state index >= 15 is 0 Å². The van der Waals surface area contributed by atoms with Gasteiger partial charge in [0.1, 0.15) is 6.29 Å². The Kier molecular flexibility index (Phi) is 6.56. The fourth-order valence-electron chi connectivity index (χ4n) is 4.21. The molecule has 0 N–H and O–H groups in total. The highest BCUT2D eigenvalue weighted by molar-refractivity contribution is 7.89. The van der Waals surface area contributed by atoms with Crippen LogP contribution < -0.4 is 0 Å². The van der Waals surface area contributed by atoms with Crippen molar-refractivity contribution in [1.29, 1.82) is 0 Å². The van der Waals surface area contributed by atoms with Crippen molar-refractivity contribution in [2.75, 3.05) is 26.2 Å². The van der Waals surface area contributed by atoms with Crippen molar-refractivity contribution >= 4 is 27.1 Å². The van der Waals surface area contributed by atoms with Gasteiger partial charge in [0.2, 0.25) is 10.0 Å². The molecule has 1 aliphatic heterocycles. The van der Waals surface area contributed by atoms with Gasteiger partial charge in [0.05, 0.1) is 10.5 Å². The first-order valence-electron chi connectivity index (χ1n) is 10.5. The maximum absolute atomic E-state index is 13.2. The van der Waals surface area contributed by atoms with Crippen LogP contribution in [0.4, 0.5) is 13.2 Å². The summed E-state index contributed by atoms with van der Waals surface area (Å²) in [6.07, 6.45) is -3.58. The molecule has 0 saturated carbocycles. The molecule has 0 bridgehead atoms. The van der Waals surface area contributed by atoms with Crippen LogP contribution in [0.15, 0.2) is 71.6 Å². The second-order valence-electron chi connectivity index (χ2n) is 7.99. The lowest BCUT2D eigenvalue weighted by Gasteiger charge is -2.38. The van der Waals surface area contributed by atoms with Gasteiger partial charge in [0.25, 0.3) is 0 Å². The fraction of sp³-hybridized carbons (Fsp3) is 0.292. The summed E-state index contributed by atoms with van der Waals surface area (Å²) in [6, 6.07) is 16.9. The van der Waals surface area contributed by atoms with Gasteiger partial charge in [0.15, 0.2) is 0 Å². The van der Waals surface area contributed by atoms with Crippen molar-refractivity contribution in [2.45, 2.75) is 23.5 Å². The Balaban J connectivity index is 1.49. The third-order valence-electron chi connectivity index (χ3n) is 6.01. The van der Waals surface area contributed by atoms with Crippen molar-refractivity contribution in [3.05, 3.63) is 77.9 Å². The van der Waals surface area contributed by atoms with Gasteiger partial charge in [-0.05, 0) is 40.6 Å². The molecular formula is C24H23F3N2O3S. The predicted molar refractivity (Wildman–Crippen MR) is 119 cm³/mol. The second-order valence-corrected chi connectivity index (χ2v) is 9.92. The van der Waals surface area contributed by atoms with Crippen LogP contribution in [0.3, 0.4) is 0 Å². The highest BCUT2D eigenvalue weighted by Gasteiger charge is 2.33. The average Bonchev–Trinajstić information content (AvgIpc) is 2.82. The van der Waals surface area contributed by atoms with Crippen LogP contribution in [-0.4, -0.2) is 50.1 Å². The lowest BCUT2D eigenvalue weighted by Crippen LogP contribution is -2.49. The Hall–Kier alpha value is -2.75. The standard InChI is InChI=1S/C24H23F3N2O3S/c25-24(26,27)21-8-5-19(6-9-21)23(11-16-30)28-12-14-29(15-13-28)33(31,32)22-10-7-18-3-1-2-4-20(18)17-22/h1-10,16-17,23H,11-15H2. The molecule has 1 atom stereocenters. The smallest absolute Gasteiger partial charge is 0.303 e. The maximum atomic E-state index is 13.2. The van der Waals surface area contributed by atoms with Gasteiger partial charge >= 0.3 is 6.18 Å². The van der Waals surface area contributed by atoms with E-state index in [0.717, 1.165) is 29.2 Å². The van der Waals surface area contributed by atoms with E-state index in [1.807, 2.05) is 29.2 Å². The molecule has 0 spiro atoms. The van der Waals surface area contributed by atoms with Gasteiger partial charge in [-0.15, -0.1) is 0 Å². The number of aldehydes is 1. The third-order valence-corrected chi connectivity index (χ3v) is 7.91. The van der Waals surface area contributed by atoms with Crippen LogP contribution in [0.5, 0.6) is 0 Å². The van der Waals surface area contributed by atoms with Gasteiger partial charge < -0.3 is 4.79 Å². The number of carbonyl (C=O) groups is 1. The molecule has 0 amide bonds. The highest BCUT2D eigenvalue weighted by Crippen LogP contribution is 2.32. The number of sulfonamides is 1. The van der Waals surface area contributed by atoms with E-state index in [1.165, 1.54) is 16.4 Å². The summed E-state index contributed by atoms with van der Waals surface area (Å²) in [6.45, 7) is 1.19. The van der Waals surface area contributed by atoms with E-state index in [9.17, 15) is 26.4 Å². The highest BCUT2D eigenvalue weighted by atomic mass is 32.2. The van der Waals surface area contributed by atoms with E-state index < -0.39 is 27.8 Å². The fourth-order valence-corrected chi connectivity index (χ4v) is 5.67. The number of carbonyl (C=O) groups excluding carboxylic acids is 1. The summed E-state index contributed by atoms with van der Waals surface area (Å²) in [5, 5.41) is 1.79. The minimum atomic E-state index is -4.43. The Morgan fingerprint density at radius 2 is 1.52 bits per heavy atom. The lowest BCUT2D eigenvalue weighted by atomic mass is 10.00. The molecule has 5 nitrogen and oxygen atoms in total. The minimum Gasteiger partial charge on any atom is -0.303 e. The Morgan fingerprint density at radius 3 is 2.12 bits per heavy atom. The van der Waals surface area contributed by atoms with E-state index in [2.05, 4.69) is 0 Å². The molecule has 1 heterocycles. The van der Waals surface area contributed by atoms with Gasteiger partial charge in [-0.3, -0.25) is 4.90 Å². The largest absolute Gasteiger partial charge is 0.416 e. The number of hydrogen-bond donors (Lipinski definition) is 0. The molecule has 1 aliphatic rings. The number of rotatable bonds is 6. The van der Waals surface area contributed by atoms with Gasteiger partial charge in [0, 0.05) is 38.6 Å². The molecule has 3 aromatic rings. The number of hydrogen-bond acceptors (Lipinski definition) is 4. The monoisotopic (exact) mass is 476 g/mol. The number of nitrogens with zero attached hydrogens (tertiary/aromatic N) is 2. The van der Waals surface area contributed by atoms with Crippen LogP contribution in [0, 0.1) is 0 Å². The number of benzene rings is 3. The van der Waals surface area contributed by atoms with Crippen LogP contribution in [0.2, 0.25) is 0 Å². The number of fused-ring (bicyclic) bond motifs is 1. The normalized spacial score (nSPS) is 17.2. The first-order valence-corrected chi connectivity index (χ1v) is 12.0. The van der Waals surface area contributed by atoms with Crippen LogP contribution in [0.25, 0.3) is 10.8 Å². The zero-order chi connectivity index (χ0) is 23.6. The SMILES string of the molecule is O=CCC(c1ccc(C(F)(F)F)cc1)N1CCN(S(=O)(=O)c2ccc3ccccc3c2)CC1. The summed E-state index contributed by atoms with van der Waals surface area (Å²) < 4.78 is 66.4. The third kappa shape index (κ3) is 4.95. The van der Waals surface area contributed by atoms with Crippen LogP contribution >= 0.6 is 0 Å². The molecular weight excluding hydrogens is 453 g/mol. The van der Waals surface area contributed by atoms with Crippen molar-refractivity contribution in [2.24, 2.45) is 0 Å². The quantitative estimate of drug-likeness (QED) is 0.492. The van der Waals surface area contributed by atoms with E-state index in [1.54, 1.807) is 18.2 Å². The van der Waals surface area contributed by atoms with Gasteiger partial charge in [-0.1, -0.05) is 42.5 Å². The molecule has 0 aliphatic carbocycles. The summed E-state index contributed by atoms with van der Waals surface area (Å²) in [5.74, 6) is 0. The van der Waals surface area contributed by atoms with E-state index in [4.69, 9.17) is 0 Å². The van der Waals surface area contributed by atoms with Gasteiger partial charge in [-0.25, -0.2) is 8.42 Å². The predicted octanol–water partition coefficient (Wildman–Crippen LogP) is 4.50. The Bertz CT molecular complexity index is 1240. The summed E-state index contributed by atoms with van der Waals surface area (Å²) in [7, 11) is -3.69. The Labute approximate surface area is 190 Å². The molecule has 1 saturated heterocycles. The van der Waals surface area contributed by atoms with E-state index in [-0.39, 0.29) is 24.4 Å². The van der Waals surface area contributed by atoms with Crippen molar-refractivity contribution in [1.82, 2.24) is 9.21 Å². The molecule has 4 rings (SSSR count). The van der Waals surface area contributed by atoms with Gasteiger partial charge in [-0.2, -0.15) is 17.5 Å². The molecule has 174 valence electrons. The molecule has 1 unspecified atom stereocenters. The zero-order valence-electron chi connectivity index (χ0n) is 17.7. The molecule has 1 fully saturated rings. The first kappa shape index (κ1) is 23.4. The second kappa shape index (κ2) is 9.24. The molecule has 0 radical (unpaired) electrons. The minimum absolute atomic E-state index is 0.114. The first-order chi connectivity index (χ1) is 15.7. The summed E-state index contributed by atoms with van der Waals surface area (Å²) in [4.78, 5) is 13.4. The van der Waals surface area contributed by atoms with Crippen LogP contribution in [-0.2, 0) is 21.0 Å². The zero-order valence-corrected chi connectivity index (χ0v) is 18.5. The maximum Gasteiger partial charge on any atom is 0.416 e. The topological polar surface area (TPSA) is 57.7 Å². The Morgan fingerprint density at radius 1 is 0.879 bits per heavy atom. The van der Waals surface area contributed by atoms with E-state index in [0.29, 0.717) is 18.7 Å². The number of halogens is 3. The lowest BCUT2D eigenvalue weighted by molar-refractivity contribution is -0.137. The number of alkyl halides is 3. The summed E-state index contributed by atoms with van der Waals surface area (Å²) in [5.41, 5.74) is -0.150. The molecule has 0 aromatic heterocycles. The van der Waals surface area contributed by atoms with Crippen LogP contribution in [0.1, 0.15) is 23.6 Å². The van der Waals surface area contributed by atoms with Crippen molar-refractivity contribution < 1.29 is 26.4 Å². The summed E-state index contributed by atoms with van der Waals surface area (Å²) >= 11 is 0. The number of piperazine rings is 1. The van der Waals surface area contributed by atoms with Crippen molar-refractivity contribution in [3.63, 3.8) is 0 Å². The molecule has 9 heteroatoms. The molecule has 3 aromatic carbocycles. The average molecular weight is 477 g/mol. The van der Waals surface area contributed by atoms with Crippen molar-refractivity contribution in [3.8, 4) is 0 Å². The molecule has 33 heavy (non-hydrogen) atoms.